The van der Waals surface area contributed by atoms with Gasteiger partial charge in [-0.25, -0.2) is 0 Å². The van der Waals surface area contributed by atoms with Gasteiger partial charge in [0.15, 0.2) is 0 Å². The molecule has 0 aliphatic carbocycles. The van der Waals surface area contributed by atoms with E-state index in [1.807, 2.05) is 23.5 Å². The van der Waals surface area contributed by atoms with Crippen molar-refractivity contribution in [2.24, 2.45) is 0 Å². The van der Waals surface area contributed by atoms with E-state index >= 15 is 0 Å². The van der Waals surface area contributed by atoms with Gasteiger partial charge in [0, 0.05) is 34.0 Å². The molecule has 5 heteroatoms. The molecule has 1 heterocycles. The van der Waals surface area contributed by atoms with E-state index in [4.69, 9.17) is 0 Å². The number of thiophene rings is 1. The molecular formula is C16H20N2O2S. The molecule has 1 aromatic heterocycles. The first-order chi connectivity index (χ1) is 9.95. The highest BCUT2D eigenvalue weighted by atomic mass is 32.1. The maximum atomic E-state index is 10.9. The summed E-state index contributed by atoms with van der Waals surface area (Å²) in [5.41, 5.74) is 1.84. The number of nitrogens with one attached hydrogen (secondary N) is 1. The Balaban J connectivity index is 1.93. The van der Waals surface area contributed by atoms with Gasteiger partial charge >= 0.3 is 0 Å². The van der Waals surface area contributed by atoms with E-state index in [0.29, 0.717) is 18.2 Å². The van der Waals surface area contributed by atoms with Gasteiger partial charge in [0.25, 0.3) is 5.69 Å². The zero-order valence-corrected chi connectivity index (χ0v) is 13.4. The van der Waals surface area contributed by atoms with E-state index in [-0.39, 0.29) is 10.6 Å². The van der Waals surface area contributed by atoms with E-state index < -0.39 is 0 Å². The summed E-state index contributed by atoms with van der Waals surface area (Å²) in [6.07, 6.45) is 0.979. The fourth-order valence-corrected chi connectivity index (χ4v) is 3.24. The third-order valence-electron chi connectivity index (χ3n) is 3.43. The van der Waals surface area contributed by atoms with Crippen LogP contribution in [0.5, 0.6) is 0 Å². The number of aryl methyl sites for hydroxylation is 2. The van der Waals surface area contributed by atoms with Crippen molar-refractivity contribution in [1.82, 2.24) is 5.32 Å². The zero-order chi connectivity index (χ0) is 15.4. The van der Waals surface area contributed by atoms with Crippen LogP contribution in [0.1, 0.15) is 27.8 Å². The maximum absolute atomic E-state index is 10.9. The molecule has 4 nitrogen and oxygen atoms in total. The normalized spacial score (nSPS) is 12.3. The van der Waals surface area contributed by atoms with Gasteiger partial charge in [0.1, 0.15) is 0 Å². The minimum absolute atomic E-state index is 0.191. The smallest absolute Gasteiger partial charge is 0.272 e. The van der Waals surface area contributed by atoms with Crippen LogP contribution < -0.4 is 5.32 Å². The summed E-state index contributed by atoms with van der Waals surface area (Å²) in [6, 6.07) is 10.0. The first-order valence-corrected chi connectivity index (χ1v) is 7.80. The van der Waals surface area contributed by atoms with Gasteiger partial charge in [-0.3, -0.25) is 10.1 Å². The van der Waals surface area contributed by atoms with Crippen molar-refractivity contribution in [2.45, 2.75) is 39.8 Å². The van der Waals surface area contributed by atoms with Crippen molar-refractivity contribution in [3.05, 3.63) is 61.3 Å². The number of hydrogen-bond acceptors (Lipinski definition) is 4. The Morgan fingerprint density at radius 1 is 1.29 bits per heavy atom. The van der Waals surface area contributed by atoms with Crippen LogP contribution in [-0.2, 0) is 13.0 Å². The maximum Gasteiger partial charge on any atom is 0.272 e. The molecule has 21 heavy (non-hydrogen) atoms. The largest absolute Gasteiger partial charge is 0.310 e. The molecule has 0 radical (unpaired) electrons. The molecule has 112 valence electrons. The lowest BCUT2D eigenvalue weighted by atomic mass is 10.1. The Morgan fingerprint density at radius 3 is 2.67 bits per heavy atom. The Kier molecular flexibility index (Phi) is 5.09. The van der Waals surface area contributed by atoms with Crippen LogP contribution in [0.3, 0.4) is 0 Å². The van der Waals surface area contributed by atoms with Gasteiger partial charge in [0.05, 0.1) is 4.92 Å². The average molecular weight is 304 g/mol. The molecule has 0 fully saturated rings. The molecule has 2 rings (SSSR count). The first-order valence-electron chi connectivity index (χ1n) is 6.98. The van der Waals surface area contributed by atoms with Gasteiger partial charge < -0.3 is 5.32 Å². The summed E-state index contributed by atoms with van der Waals surface area (Å²) in [6.45, 7) is 6.65. The summed E-state index contributed by atoms with van der Waals surface area (Å²) in [7, 11) is 0. The fraction of sp³-hybridized carbons (Fsp3) is 0.375. The van der Waals surface area contributed by atoms with E-state index in [1.165, 1.54) is 9.75 Å². The molecule has 0 saturated heterocycles. The van der Waals surface area contributed by atoms with E-state index in [1.54, 1.807) is 13.0 Å². The topological polar surface area (TPSA) is 55.2 Å². The molecule has 0 bridgehead atoms. The number of hydrogen-bond donors (Lipinski definition) is 1. The molecule has 1 unspecified atom stereocenters. The predicted octanol–water partition coefficient (Wildman–Crippen LogP) is 3.99. The van der Waals surface area contributed by atoms with Gasteiger partial charge in [-0.15, -0.1) is 11.3 Å². The number of benzene rings is 1. The highest BCUT2D eigenvalue weighted by molar-refractivity contribution is 7.11. The third-order valence-corrected chi connectivity index (χ3v) is 4.45. The van der Waals surface area contributed by atoms with Crippen molar-refractivity contribution in [2.75, 3.05) is 0 Å². The lowest BCUT2D eigenvalue weighted by Gasteiger charge is -2.13. The molecule has 0 aliphatic heterocycles. The molecule has 1 aromatic carbocycles. The third kappa shape index (κ3) is 4.37. The van der Waals surface area contributed by atoms with E-state index in [0.717, 1.165) is 12.0 Å². The van der Waals surface area contributed by atoms with E-state index in [2.05, 4.69) is 31.3 Å². The van der Waals surface area contributed by atoms with Crippen molar-refractivity contribution in [3.8, 4) is 0 Å². The molecule has 0 aliphatic rings. The Hall–Kier alpha value is -1.72. The minimum atomic E-state index is -0.323. The monoisotopic (exact) mass is 304 g/mol. The van der Waals surface area contributed by atoms with Crippen LogP contribution in [0.15, 0.2) is 30.3 Å². The van der Waals surface area contributed by atoms with Gasteiger partial charge in [-0.1, -0.05) is 12.1 Å². The summed E-state index contributed by atoms with van der Waals surface area (Å²) in [4.78, 5) is 13.3. The second-order valence-corrected chi connectivity index (χ2v) is 6.75. The molecule has 1 atom stereocenters. The standard InChI is InChI=1S/C16H20N2O2S/c1-11-4-6-14(9-16(11)18(19)20)10-17-12(2)8-15-7-5-13(3)21-15/h4-7,9,12,17H,8,10H2,1-3H3. The molecule has 1 N–H and O–H groups in total. The van der Waals surface area contributed by atoms with Crippen LogP contribution in [-0.4, -0.2) is 11.0 Å². The van der Waals surface area contributed by atoms with Crippen LogP contribution in [0.25, 0.3) is 0 Å². The molecular weight excluding hydrogens is 284 g/mol. The number of rotatable bonds is 6. The Labute approximate surface area is 129 Å². The van der Waals surface area contributed by atoms with Crippen LogP contribution >= 0.6 is 11.3 Å². The van der Waals surface area contributed by atoms with Crippen LogP contribution in [0, 0.1) is 24.0 Å². The molecule has 0 amide bonds. The summed E-state index contributed by atoms with van der Waals surface area (Å²) >= 11 is 1.82. The van der Waals surface area contributed by atoms with Crippen LogP contribution in [0.4, 0.5) is 5.69 Å². The van der Waals surface area contributed by atoms with Gasteiger partial charge in [0.2, 0.25) is 0 Å². The van der Waals surface area contributed by atoms with Crippen LogP contribution in [0.2, 0.25) is 0 Å². The summed E-state index contributed by atoms with van der Waals surface area (Å²) in [5.74, 6) is 0. The lowest BCUT2D eigenvalue weighted by molar-refractivity contribution is -0.385. The SMILES string of the molecule is Cc1ccc(CC(C)NCc2ccc(C)c([N+](=O)[O-])c2)s1. The van der Waals surface area contributed by atoms with Crippen molar-refractivity contribution in [3.63, 3.8) is 0 Å². The average Bonchev–Trinajstić information content (AvgIpc) is 2.82. The van der Waals surface area contributed by atoms with Crippen molar-refractivity contribution in [1.29, 1.82) is 0 Å². The highest BCUT2D eigenvalue weighted by Gasteiger charge is 2.11. The second kappa shape index (κ2) is 6.83. The minimum Gasteiger partial charge on any atom is -0.310 e. The van der Waals surface area contributed by atoms with Gasteiger partial charge in [-0.2, -0.15) is 0 Å². The molecule has 0 saturated carbocycles. The number of nitrogens with zero attached hydrogens (tertiary/aromatic N) is 1. The lowest BCUT2D eigenvalue weighted by Crippen LogP contribution is -2.27. The Morgan fingerprint density at radius 2 is 2.05 bits per heavy atom. The van der Waals surface area contributed by atoms with Crippen molar-refractivity contribution < 1.29 is 4.92 Å². The summed E-state index contributed by atoms with van der Waals surface area (Å²) in [5, 5.41) is 14.4. The Bertz CT molecular complexity index is 637. The summed E-state index contributed by atoms with van der Waals surface area (Å²) < 4.78 is 0. The highest BCUT2D eigenvalue weighted by Crippen LogP contribution is 2.20. The fourth-order valence-electron chi connectivity index (χ4n) is 2.22. The first kappa shape index (κ1) is 15.7. The zero-order valence-electron chi connectivity index (χ0n) is 12.6. The molecule has 0 spiro atoms. The second-order valence-electron chi connectivity index (χ2n) is 5.38. The number of nitro benzene ring substituents is 1. The van der Waals surface area contributed by atoms with Crippen molar-refractivity contribution >= 4 is 17.0 Å². The number of nitro groups is 1. The quantitative estimate of drug-likeness (QED) is 0.648. The van der Waals surface area contributed by atoms with E-state index in [9.17, 15) is 10.1 Å². The molecule has 2 aromatic rings. The predicted molar refractivity (Wildman–Crippen MR) is 86.9 cm³/mol. The van der Waals surface area contributed by atoms with Gasteiger partial charge in [-0.05, 0) is 44.9 Å².